The van der Waals surface area contributed by atoms with Crippen molar-refractivity contribution >= 4 is 26.9 Å². The molecule has 2 aromatic rings. The standard InChI is InChI=1S/C14H16BrNO2/c1-9(16-12-4-5-17-8-12)14-7-10-6-11(15)2-3-13(10)18-14/h2-3,6-7,9,12,16H,4-5,8H2,1H3. The average molecular weight is 310 g/mol. The fourth-order valence-electron chi connectivity index (χ4n) is 2.35. The van der Waals surface area contributed by atoms with Crippen LogP contribution in [0.25, 0.3) is 11.0 Å². The summed E-state index contributed by atoms with van der Waals surface area (Å²) in [5.74, 6) is 0.981. The summed E-state index contributed by atoms with van der Waals surface area (Å²) < 4.78 is 12.3. The SMILES string of the molecule is CC(NC1CCOC1)c1cc2cc(Br)ccc2o1. The largest absolute Gasteiger partial charge is 0.459 e. The first-order valence-electron chi connectivity index (χ1n) is 6.25. The number of hydrogen-bond donors (Lipinski definition) is 1. The summed E-state index contributed by atoms with van der Waals surface area (Å²) >= 11 is 3.48. The Labute approximate surface area is 115 Å². The summed E-state index contributed by atoms with van der Waals surface area (Å²) in [4.78, 5) is 0. The fourth-order valence-corrected chi connectivity index (χ4v) is 2.73. The van der Waals surface area contributed by atoms with Crippen molar-refractivity contribution in [3.05, 3.63) is 34.5 Å². The van der Waals surface area contributed by atoms with E-state index in [9.17, 15) is 0 Å². The van der Waals surface area contributed by atoms with Crippen molar-refractivity contribution in [1.29, 1.82) is 0 Å². The molecule has 2 unspecified atom stereocenters. The second kappa shape index (κ2) is 5.03. The molecule has 0 spiro atoms. The molecule has 0 aliphatic carbocycles. The zero-order valence-corrected chi connectivity index (χ0v) is 11.9. The van der Waals surface area contributed by atoms with E-state index in [1.54, 1.807) is 0 Å². The van der Waals surface area contributed by atoms with Crippen molar-refractivity contribution in [2.24, 2.45) is 0 Å². The van der Waals surface area contributed by atoms with Crippen LogP contribution in [-0.4, -0.2) is 19.3 Å². The van der Waals surface area contributed by atoms with Gasteiger partial charge in [0.25, 0.3) is 0 Å². The molecule has 96 valence electrons. The highest BCUT2D eigenvalue weighted by atomic mass is 79.9. The number of furan rings is 1. The van der Waals surface area contributed by atoms with E-state index < -0.39 is 0 Å². The number of ether oxygens (including phenoxy) is 1. The van der Waals surface area contributed by atoms with Crippen LogP contribution >= 0.6 is 15.9 Å². The van der Waals surface area contributed by atoms with Gasteiger partial charge >= 0.3 is 0 Å². The molecule has 1 aliphatic heterocycles. The molecule has 18 heavy (non-hydrogen) atoms. The number of fused-ring (bicyclic) bond motifs is 1. The minimum atomic E-state index is 0.211. The topological polar surface area (TPSA) is 34.4 Å². The molecule has 1 N–H and O–H groups in total. The first-order chi connectivity index (χ1) is 8.72. The van der Waals surface area contributed by atoms with Crippen molar-refractivity contribution in [3.63, 3.8) is 0 Å². The highest BCUT2D eigenvalue weighted by Crippen LogP contribution is 2.27. The second-order valence-corrected chi connectivity index (χ2v) is 5.70. The molecule has 1 fully saturated rings. The van der Waals surface area contributed by atoms with Crippen molar-refractivity contribution in [2.45, 2.75) is 25.4 Å². The second-order valence-electron chi connectivity index (χ2n) is 4.78. The molecule has 1 aliphatic rings. The van der Waals surface area contributed by atoms with Crippen molar-refractivity contribution < 1.29 is 9.15 Å². The van der Waals surface area contributed by atoms with Gasteiger partial charge in [0.2, 0.25) is 0 Å². The van der Waals surface area contributed by atoms with Gasteiger partial charge in [-0.25, -0.2) is 0 Å². The van der Waals surface area contributed by atoms with Gasteiger partial charge in [-0.1, -0.05) is 15.9 Å². The smallest absolute Gasteiger partial charge is 0.134 e. The molecular weight excluding hydrogens is 294 g/mol. The van der Waals surface area contributed by atoms with E-state index in [0.29, 0.717) is 6.04 Å². The maximum atomic E-state index is 5.87. The monoisotopic (exact) mass is 309 g/mol. The Morgan fingerprint density at radius 1 is 1.39 bits per heavy atom. The van der Waals surface area contributed by atoms with Crippen molar-refractivity contribution in [2.75, 3.05) is 13.2 Å². The lowest BCUT2D eigenvalue weighted by Crippen LogP contribution is -2.31. The molecule has 2 atom stereocenters. The Morgan fingerprint density at radius 3 is 3.06 bits per heavy atom. The van der Waals surface area contributed by atoms with Crippen LogP contribution in [0.4, 0.5) is 0 Å². The van der Waals surface area contributed by atoms with Gasteiger partial charge in [-0.3, -0.25) is 0 Å². The predicted octanol–water partition coefficient (Wildman–Crippen LogP) is 3.63. The number of nitrogens with one attached hydrogen (secondary N) is 1. The molecule has 1 aromatic heterocycles. The predicted molar refractivity (Wildman–Crippen MR) is 74.7 cm³/mol. The molecule has 2 heterocycles. The summed E-state index contributed by atoms with van der Waals surface area (Å²) in [5.41, 5.74) is 0.935. The molecule has 3 rings (SSSR count). The number of rotatable bonds is 3. The summed E-state index contributed by atoms with van der Waals surface area (Å²) in [6, 6.07) is 8.83. The van der Waals surface area contributed by atoms with E-state index in [2.05, 4.69) is 40.3 Å². The maximum Gasteiger partial charge on any atom is 0.134 e. The van der Waals surface area contributed by atoms with Crippen molar-refractivity contribution in [3.8, 4) is 0 Å². The van der Waals surface area contributed by atoms with Gasteiger partial charge in [0.15, 0.2) is 0 Å². The zero-order valence-electron chi connectivity index (χ0n) is 10.3. The third kappa shape index (κ3) is 2.46. The van der Waals surface area contributed by atoms with Gasteiger partial charge in [-0.15, -0.1) is 0 Å². The molecule has 0 radical (unpaired) electrons. The zero-order chi connectivity index (χ0) is 12.5. The quantitative estimate of drug-likeness (QED) is 0.940. The van der Waals surface area contributed by atoms with E-state index in [1.165, 1.54) is 0 Å². The van der Waals surface area contributed by atoms with E-state index in [0.717, 1.165) is 40.8 Å². The summed E-state index contributed by atoms with van der Waals surface area (Å²) in [6.07, 6.45) is 1.08. The molecule has 1 aromatic carbocycles. The van der Waals surface area contributed by atoms with Crippen LogP contribution in [0.3, 0.4) is 0 Å². The summed E-state index contributed by atoms with van der Waals surface area (Å²) in [5, 5.41) is 4.68. The van der Waals surface area contributed by atoms with Crippen molar-refractivity contribution in [1.82, 2.24) is 5.32 Å². The lowest BCUT2D eigenvalue weighted by molar-refractivity contribution is 0.187. The number of halogens is 1. The Bertz CT molecular complexity index is 546. The van der Waals surface area contributed by atoms with E-state index in [-0.39, 0.29) is 6.04 Å². The molecule has 0 saturated carbocycles. The average Bonchev–Trinajstić information content (AvgIpc) is 2.96. The minimum absolute atomic E-state index is 0.211. The lowest BCUT2D eigenvalue weighted by Gasteiger charge is -2.15. The molecule has 1 saturated heterocycles. The van der Waals surface area contributed by atoms with E-state index >= 15 is 0 Å². The van der Waals surface area contributed by atoms with Crippen LogP contribution in [0.5, 0.6) is 0 Å². The molecule has 3 nitrogen and oxygen atoms in total. The van der Waals surface area contributed by atoms with Gasteiger partial charge in [-0.05, 0) is 37.6 Å². The third-order valence-corrected chi connectivity index (χ3v) is 3.83. The fraction of sp³-hybridized carbons (Fsp3) is 0.429. The molecule has 0 bridgehead atoms. The molecule has 0 amide bonds. The number of hydrogen-bond acceptors (Lipinski definition) is 3. The lowest BCUT2D eigenvalue weighted by atomic mass is 10.2. The number of benzene rings is 1. The van der Waals surface area contributed by atoms with Crippen LogP contribution in [0.1, 0.15) is 25.1 Å². The summed E-state index contributed by atoms with van der Waals surface area (Å²) in [6.45, 7) is 3.79. The van der Waals surface area contributed by atoms with E-state index in [4.69, 9.17) is 9.15 Å². The highest BCUT2D eigenvalue weighted by Gasteiger charge is 2.20. The first kappa shape index (κ1) is 12.2. The Hall–Kier alpha value is -0.840. The van der Waals surface area contributed by atoms with Crippen LogP contribution in [0.15, 0.2) is 33.2 Å². The van der Waals surface area contributed by atoms with Crippen LogP contribution in [0.2, 0.25) is 0 Å². The van der Waals surface area contributed by atoms with Crippen LogP contribution in [-0.2, 0) is 4.74 Å². The van der Waals surface area contributed by atoms with E-state index in [1.807, 2.05) is 12.1 Å². The van der Waals surface area contributed by atoms with Gasteiger partial charge in [0.1, 0.15) is 11.3 Å². The first-order valence-corrected chi connectivity index (χ1v) is 7.04. The van der Waals surface area contributed by atoms with Crippen LogP contribution in [0, 0.1) is 0 Å². The molecular formula is C14H16BrNO2. The molecule has 4 heteroatoms. The Morgan fingerprint density at radius 2 is 2.28 bits per heavy atom. The normalized spacial score (nSPS) is 21.6. The maximum absolute atomic E-state index is 5.87. The third-order valence-electron chi connectivity index (χ3n) is 3.34. The van der Waals surface area contributed by atoms with Gasteiger partial charge in [-0.2, -0.15) is 0 Å². The van der Waals surface area contributed by atoms with Crippen LogP contribution < -0.4 is 5.32 Å². The highest BCUT2D eigenvalue weighted by molar-refractivity contribution is 9.10. The van der Waals surface area contributed by atoms with Gasteiger partial charge < -0.3 is 14.5 Å². The minimum Gasteiger partial charge on any atom is -0.459 e. The summed E-state index contributed by atoms with van der Waals surface area (Å²) in [7, 11) is 0. The Balaban J connectivity index is 1.80. The Kier molecular flexibility index (Phi) is 3.41. The van der Waals surface area contributed by atoms with Gasteiger partial charge in [0.05, 0.1) is 12.6 Å². The van der Waals surface area contributed by atoms with Gasteiger partial charge in [0, 0.05) is 22.5 Å².